The minimum Gasteiger partial charge on any atom is -0.494 e. The van der Waals surface area contributed by atoms with Crippen molar-refractivity contribution in [2.24, 2.45) is 17.8 Å². The Morgan fingerprint density at radius 3 is 2.21 bits per heavy atom. The van der Waals surface area contributed by atoms with E-state index in [0.29, 0.717) is 5.92 Å². The number of nitrogens with zero attached hydrogens (tertiary/aromatic N) is 1. The molecule has 1 aromatic carbocycles. The van der Waals surface area contributed by atoms with Crippen LogP contribution in [0.2, 0.25) is 0 Å². The summed E-state index contributed by atoms with van der Waals surface area (Å²) in [4.78, 5) is 0. The third kappa shape index (κ3) is 9.24. The molecule has 0 aromatic heterocycles. The lowest BCUT2D eigenvalue weighted by Crippen LogP contribution is -2.22. The molecule has 0 heterocycles. The van der Waals surface area contributed by atoms with Crippen molar-refractivity contribution in [1.29, 1.82) is 5.26 Å². The van der Waals surface area contributed by atoms with E-state index in [2.05, 4.69) is 44.2 Å². The molecule has 1 aliphatic carbocycles. The summed E-state index contributed by atoms with van der Waals surface area (Å²) >= 11 is 0. The van der Waals surface area contributed by atoms with Gasteiger partial charge in [-0.2, -0.15) is 5.26 Å². The fourth-order valence-corrected chi connectivity index (χ4v) is 4.75. The molecule has 1 aliphatic rings. The molecule has 1 aromatic rings. The highest BCUT2D eigenvalue weighted by Gasteiger charge is 2.27. The van der Waals surface area contributed by atoms with E-state index in [1.807, 2.05) is 0 Å². The molecule has 2 heteroatoms. The lowest BCUT2D eigenvalue weighted by atomic mass is 9.73. The maximum absolute atomic E-state index is 9.76. The van der Waals surface area contributed by atoms with Crippen molar-refractivity contribution in [3.8, 4) is 11.8 Å². The van der Waals surface area contributed by atoms with Crippen molar-refractivity contribution < 1.29 is 4.74 Å². The topological polar surface area (TPSA) is 33.0 Å². The molecule has 0 spiro atoms. The number of hydrogen-bond acceptors (Lipinski definition) is 2. The number of ether oxygens (including phenoxy) is 1. The van der Waals surface area contributed by atoms with Crippen LogP contribution < -0.4 is 4.74 Å². The van der Waals surface area contributed by atoms with E-state index in [4.69, 9.17) is 4.74 Å². The van der Waals surface area contributed by atoms with E-state index in [1.54, 1.807) is 0 Å². The monoisotopic (exact) mass is 397 g/mol. The first-order valence-corrected chi connectivity index (χ1v) is 12.4. The van der Waals surface area contributed by atoms with Gasteiger partial charge in [-0.3, -0.25) is 0 Å². The van der Waals surface area contributed by atoms with Crippen molar-refractivity contribution in [2.75, 3.05) is 6.61 Å². The molecule has 2 nitrogen and oxygen atoms in total. The summed E-state index contributed by atoms with van der Waals surface area (Å²) < 4.78 is 5.88. The van der Waals surface area contributed by atoms with Gasteiger partial charge in [0.1, 0.15) is 5.75 Å². The van der Waals surface area contributed by atoms with Crippen LogP contribution in [0, 0.1) is 29.1 Å². The minimum absolute atomic E-state index is 0.164. The predicted octanol–water partition coefficient (Wildman–Crippen LogP) is 8.10. The standard InChI is InChI=1S/C27H43NO/c1-3-5-7-8-10-20-29-27-18-14-24(15-19-27)21-26(22-28)25-16-12-23(13-17-25)11-9-6-4-2/h14-15,18-19,23,25-26H,3-13,16-17,20-21H2,1-2H3. The van der Waals surface area contributed by atoms with E-state index in [0.717, 1.165) is 31.1 Å². The zero-order valence-corrected chi connectivity index (χ0v) is 19.0. The van der Waals surface area contributed by atoms with Gasteiger partial charge in [-0.1, -0.05) is 90.2 Å². The van der Waals surface area contributed by atoms with E-state index in [1.165, 1.54) is 82.6 Å². The Morgan fingerprint density at radius 2 is 1.55 bits per heavy atom. The number of benzene rings is 1. The highest BCUT2D eigenvalue weighted by atomic mass is 16.5. The second kappa shape index (κ2) is 14.5. The van der Waals surface area contributed by atoms with Gasteiger partial charge < -0.3 is 4.74 Å². The van der Waals surface area contributed by atoms with Gasteiger partial charge in [0.2, 0.25) is 0 Å². The number of hydrogen-bond donors (Lipinski definition) is 0. The molecule has 1 unspecified atom stereocenters. The van der Waals surface area contributed by atoms with Crippen LogP contribution in [0.15, 0.2) is 24.3 Å². The Balaban J connectivity index is 1.70. The van der Waals surface area contributed by atoms with Gasteiger partial charge in [0.05, 0.1) is 18.6 Å². The van der Waals surface area contributed by atoms with Crippen LogP contribution >= 0.6 is 0 Å². The van der Waals surface area contributed by atoms with Crippen molar-refractivity contribution >= 4 is 0 Å². The fourth-order valence-electron chi connectivity index (χ4n) is 4.75. The molecule has 0 bridgehead atoms. The summed E-state index contributed by atoms with van der Waals surface area (Å²) in [6.45, 7) is 5.33. The molecule has 0 radical (unpaired) electrons. The lowest BCUT2D eigenvalue weighted by molar-refractivity contribution is 0.221. The van der Waals surface area contributed by atoms with E-state index in [-0.39, 0.29) is 5.92 Å². The summed E-state index contributed by atoms with van der Waals surface area (Å²) in [5.41, 5.74) is 1.27. The molecule has 0 aliphatic heterocycles. The summed E-state index contributed by atoms with van der Waals surface area (Å²) in [5.74, 6) is 2.62. The van der Waals surface area contributed by atoms with Gasteiger partial charge >= 0.3 is 0 Å². The molecule has 29 heavy (non-hydrogen) atoms. The summed E-state index contributed by atoms with van der Waals surface area (Å²) in [6, 6.07) is 11.1. The average Bonchev–Trinajstić information content (AvgIpc) is 2.76. The van der Waals surface area contributed by atoms with Crippen molar-refractivity contribution in [1.82, 2.24) is 0 Å². The fraction of sp³-hybridized carbons (Fsp3) is 0.741. The Labute approximate surface area is 180 Å². The number of rotatable bonds is 14. The van der Waals surface area contributed by atoms with Gasteiger partial charge in [0.15, 0.2) is 0 Å². The smallest absolute Gasteiger partial charge is 0.119 e. The maximum atomic E-state index is 9.76. The molecular weight excluding hydrogens is 354 g/mol. The van der Waals surface area contributed by atoms with Crippen LogP contribution in [0.5, 0.6) is 5.75 Å². The van der Waals surface area contributed by atoms with E-state index in [9.17, 15) is 5.26 Å². The van der Waals surface area contributed by atoms with Crippen LogP contribution in [0.3, 0.4) is 0 Å². The second-order valence-electron chi connectivity index (χ2n) is 9.12. The lowest BCUT2D eigenvalue weighted by Gasteiger charge is -2.31. The quantitative estimate of drug-likeness (QED) is 0.297. The second-order valence-corrected chi connectivity index (χ2v) is 9.12. The third-order valence-corrected chi connectivity index (χ3v) is 6.74. The zero-order valence-electron chi connectivity index (χ0n) is 19.0. The Kier molecular flexibility index (Phi) is 11.9. The minimum atomic E-state index is 0.164. The van der Waals surface area contributed by atoms with Gasteiger partial charge in [0, 0.05) is 0 Å². The summed E-state index contributed by atoms with van der Waals surface area (Å²) in [5, 5.41) is 9.76. The van der Waals surface area contributed by atoms with Crippen molar-refractivity contribution in [3.05, 3.63) is 29.8 Å². The molecular formula is C27H43NO. The van der Waals surface area contributed by atoms with E-state index >= 15 is 0 Å². The number of unbranched alkanes of at least 4 members (excludes halogenated alkanes) is 6. The highest BCUT2D eigenvalue weighted by Crippen LogP contribution is 2.37. The number of nitriles is 1. The molecule has 1 fully saturated rings. The molecule has 0 N–H and O–H groups in total. The normalized spacial score (nSPS) is 20.2. The summed E-state index contributed by atoms with van der Waals surface area (Å²) in [6.07, 6.45) is 17.8. The predicted molar refractivity (Wildman–Crippen MR) is 123 cm³/mol. The van der Waals surface area contributed by atoms with Crippen LogP contribution in [-0.4, -0.2) is 6.61 Å². The van der Waals surface area contributed by atoms with Crippen LogP contribution in [0.1, 0.15) is 103 Å². The Morgan fingerprint density at radius 1 is 0.897 bits per heavy atom. The zero-order chi connectivity index (χ0) is 20.7. The first kappa shape index (κ1) is 23.8. The van der Waals surface area contributed by atoms with Crippen molar-refractivity contribution in [2.45, 2.75) is 104 Å². The molecule has 1 atom stereocenters. The van der Waals surface area contributed by atoms with Gasteiger partial charge in [0.25, 0.3) is 0 Å². The molecule has 2 rings (SSSR count). The first-order valence-electron chi connectivity index (χ1n) is 12.4. The maximum Gasteiger partial charge on any atom is 0.119 e. The largest absolute Gasteiger partial charge is 0.494 e. The SMILES string of the molecule is CCCCCCCOc1ccc(CC(C#N)C2CCC(CCCCC)CC2)cc1. The molecule has 162 valence electrons. The van der Waals surface area contributed by atoms with Crippen molar-refractivity contribution in [3.63, 3.8) is 0 Å². The van der Waals surface area contributed by atoms with E-state index < -0.39 is 0 Å². The molecule has 0 saturated heterocycles. The average molecular weight is 398 g/mol. The van der Waals surface area contributed by atoms with Gasteiger partial charge in [-0.25, -0.2) is 0 Å². The van der Waals surface area contributed by atoms with Gasteiger partial charge in [-0.15, -0.1) is 0 Å². The van der Waals surface area contributed by atoms with Crippen LogP contribution in [-0.2, 0) is 6.42 Å². The first-order chi connectivity index (χ1) is 14.3. The Bertz CT molecular complexity index is 565. The van der Waals surface area contributed by atoms with Crippen LogP contribution in [0.4, 0.5) is 0 Å². The third-order valence-electron chi connectivity index (χ3n) is 6.74. The Hall–Kier alpha value is -1.49. The van der Waals surface area contributed by atoms with Crippen LogP contribution in [0.25, 0.3) is 0 Å². The molecule has 0 amide bonds. The van der Waals surface area contributed by atoms with Gasteiger partial charge in [-0.05, 0) is 55.2 Å². The summed E-state index contributed by atoms with van der Waals surface area (Å²) in [7, 11) is 0. The highest BCUT2D eigenvalue weighted by molar-refractivity contribution is 5.28. The molecule has 1 saturated carbocycles.